The van der Waals surface area contributed by atoms with Gasteiger partial charge in [-0.25, -0.2) is 17.8 Å². The Bertz CT molecular complexity index is 663. The Kier molecular flexibility index (Phi) is 3.68. The highest BCUT2D eigenvalue weighted by Gasteiger charge is 2.42. The minimum atomic E-state index is -4.51. The van der Waals surface area contributed by atoms with Gasteiger partial charge in [0.25, 0.3) is 10.0 Å². The van der Waals surface area contributed by atoms with Crippen molar-refractivity contribution in [3.05, 3.63) is 24.1 Å². The van der Waals surface area contributed by atoms with Crippen LogP contribution in [0.1, 0.15) is 0 Å². The lowest BCUT2D eigenvalue weighted by Gasteiger charge is -2.31. The molecule has 1 aromatic rings. The molecule has 1 aliphatic heterocycles. The number of aromatic nitrogens is 1. The number of carbonyl (C=O) groups excluding carboxylic acids is 1. The number of hydrogen-bond donors (Lipinski definition) is 2. The summed E-state index contributed by atoms with van der Waals surface area (Å²) < 4.78 is 38.5. The predicted octanol–water partition coefficient (Wildman–Crippen LogP) is -1.21. The lowest BCUT2D eigenvalue weighted by atomic mass is 10.2. The molecule has 1 amide bonds. The maximum absolute atomic E-state index is 13.5. The van der Waals surface area contributed by atoms with Gasteiger partial charge in [0, 0.05) is 12.7 Å². The van der Waals surface area contributed by atoms with E-state index in [1.807, 2.05) is 0 Å². The zero-order valence-electron chi connectivity index (χ0n) is 9.98. The smallest absolute Gasteiger partial charge is 0.323 e. The molecular formula is C10H10FN3O5S. The number of piperazine rings is 1. The first-order chi connectivity index (χ1) is 9.34. The maximum atomic E-state index is 13.5. The third-order valence-electron chi connectivity index (χ3n) is 2.70. The first-order valence-electron chi connectivity index (χ1n) is 5.46. The molecule has 1 aliphatic rings. The van der Waals surface area contributed by atoms with Crippen molar-refractivity contribution in [3.8, 4) is 0 Å². The summed E-state index contributed by atoms with van der Waals surface area (Å²) in [6.07, 6.45) is 1.07. The number of rotatable bonds is 3. The normalized spacial score (nSPS) is 20.4. The van der Waals surface area contributed by atoms with E-state index in [2.05, 4.69) is 10.3 Å². The van der Waals surface area contributed by atoms with E-state index in [4.69, 9.17) is 5.11 Å². The first-order valence-corrected chi connectivity index (χ1v) is 6.90. The molecule has 0 radical (unpaired) electrons. The minimum absolute atomic E-state index is 0.387. The molecule has 1 saturated heterocycles. The number of halogens is 1. The Morgan fingerprint density at radius 3 is 2.85 bits per heavy atom. The van der Waals surface area contributed by atoms with Crippen LogP contribution in [0.15, 0.2) is 23.4 Å². The predicted molar refractivity (Wildman–Crippen MR) is 62.5 cm³/mol. The zero-order valence-corrected chi connectivity index (χ0v) is 10.8. The molecule has 2 rings (SSSR count). The van der Waals surface area contributed by atoms with Crippen molar-refractivity contribution in [1.82, 2.24) is 14.6 Å². The van der Waals surface area contributed by atoms with Crippen LogP contribution in [0.25, 0.3) is 0 Å². The van der Waals surface area contributed by atoms with Crippen molar-refractivity contribution in [2.75, 3.05) is 13.1 Å². The summed E-state index contributed by atoms with van der Waals surface area (Å²) in [5, 5.41) is 10.3. The van der Waals surface area contributed by atoms with Gasteiger partial charge in [0.1, 0.15) is 6.04 Å². The largest absolute Gasteiger partial charge is 0.480 e. The van der Waals surface area contributed by atoms with Gasteiger partial charge in [-0.05, 0) is 12.1 Å². The molecule has 0 saturated carbocycles. The summed E-state index contributed by atoms with van der Waals surface area (Å²) in [4.78, 5) is 25.8. The van der Waals surface area contributed by atoms with Gasteiger partial charge < -0.3 is 10.4 Å². The molecule has 0 spiro atoms. The van der Waals surface area contributed by atoms with Gasteiger partial charge in [-0.3, -0.25) is 9.59 Å². The van der Waals surface area contributed by atoms with E-state index in [-0.39, 0.29) is 6.54 Å². The Morgan fingerprint density at radius 2 is 2.25 bits per heavy atom. The second kappa shape index (κ2) is 5.13. The molecule has 108 valence electrons. The third kappa shape index (κ3) is 2.47. The highest BCUT2D eigenvalue weighted by molar-refractivity contribution is 7.89. The topological polar surface area (TPSA) is 117 Å². The van der Waals surface area contributed by atoms with E-state index in [0.717, 1.165) is 12.3 Å². The van der Waals surface area contributed by atoms with Crippen molar-refractivity contribution in [2.24, 2.45) is 0 Å². The van der Waals surface area contributed by atoms with E-state index in [1.54, 1.807) is 0 Å². The summed E-state index contributed by atoms with van der Waals surface area (Å²) in [6, 6.07) is 0.588. The zero-order chi connectivity index (χ0) is 14.9. The van der Waals surface area contributed by atoms with Gasteiger partial charge in [-0.2, -0.15) is 4.31 Å². The molecule has 1 unspecified atom stereocenters. The van der Waals surface area contributed by atoms with Crippen LogP contribution in [-0.2, 0) is 19.6 Å². The molecule has 1 aromatic heterocycles. The lowest BCUT2D eigenvalue weighted by molar-refractivity contribution is -0.143. The van der Waals surface area contributed by atoms with Crippen LogP contribution in [0.4, 0.5) is 4.39 Å². The number of carboxylic acid groups (broad SMARTS) is 1. The fourth-order valence-electron chi connectivity index (χ4n) is 1.76. The van der Waals surface area contributed by atoms with Gasteiger partial charge in [0.05, 0.1) is 6.54 Å². The van der Waals surface area contributed by atoms with Crippen LogP contribution in [0, 0.1) is 5.82 Å². The molecule has 2 heterocycles. The van der Waals surface area contributed by atoms with Gasteiger partial charge in [-0.1, -0.05) is 0 Å². The standard InChI is InChI=1S/C10H10FN3O5S/c11-6-2-1-3-12-9(6)20(18,19)14-5-8(15)13-4-7(14)10(16)17/h1-3,7H,4-5H2,(H,13,15)(H,16,17). The SMILES string of the molecule is O=C1CN(S(=O)(=O)c2ncccc2F)C(C(=O)O)CN1. The average molecular weight is 303 g/mol. The first kappa shape index (κ1) is 14.3. The van der Waals surface area contributed by atoms with Crippen LogP contribution < -0.4 is 5.32 Å². The van der Waals surface area contributed by atoms with Gasteiger partial charge in [0.2, 0.25) is 10.9 Å². The van der Waals surface area contributed by atoms with Crippen LogP contribution in [0.2, 0.25) is 0 Å². The minimum Gasteiger partial charge on any atom is -0.480 e. The number of carbonyl (C=O) groups is 2. The molecule has 20 heavy (non-hydrogen) atoms. The Hall–Kier alpha value is -2.07. The molecule has 10 heteroatoms. The monoisotopic (exact) mass is 303 g/mol. The second-order valence-corrected chi connectivity index (χ2v) is 5.80. The van der Waals surface area contributed by atoms with Crippen molar-refractivity contribution >= 4 is 21.9 Å². The Labute approximate surface area is 113 Å². The summed E-state index contributed by atoms with van der Waals surface area (Å²) >= 11 is 0. The molecule has 0 bridgehead atoms. The summed E-state index contributed by atoms with van der Waals surface area (Å²) in [7, 11) is -4.51. The molecule has 0 aromatic carbocycles. The van der Waals surface area contributed by atoms with Crippen molar-refractivity contribution in [1.29, 1.82) is 0 Å². The Morgan fingerprint density at radius 1 is 1.55 bits per heavy atom. The fourth-order valence-corrected chi connectivity index (χ4v) is 3.27. The van der Waals surface area contributed by atoms with Crippen LogP contribution in [-0.4, -0.2) is 53.8 Å². The lowest BCUT2D eigenvalue weighted by Crippen LogP contribution is -2.59. The summed E-state index contributed by atoms with van der Waals surface area (Å²) in [6.45, 7) is -1.09. The van der Waals surface area contributed by atoms with Gasteiger partial charge in [-0.15, -0.1) is 0 Å². The quantitative estimate of drug-likeness (QED) is 0.724. The van der Waals surface area contributed by atoms with E-state index in [1.165, 1.54) is 6.07 Å². The third-order valence-corrected chi connectivity index (χ3v) is 4.49. The number of aliphatic carboxylic acids is 1. The van der Waals surface area contributed by atoms with Crippen molar-refractivity contribution in [2.45, 2.75) is 11.1 Å². The summed E-state index contributed by atoms with van der Waals surface area (Å²) in [5.74, 6) is -3.21. The Balaban J connectivity index is 2.48. The molecule has 8 nitrogen and oxygen atoms in total. The number of nitrogens with one attached hydrogen (secondary N) is 1. The van der Waals surface area contributed by atoms with Crippen molar-refractivity contribution < 1.29 is 27.5 Å². The molecule has 0 aliphatic carbocycles. The second-order valence-electron chi connectivity index (χ2n) is 4.00. The number of nitrogens with zero attached hydrogens (tertiary/aromatic N) is 2. The van der Waals surface area contributed by atoms with E-state index in [9.17, 15) is 22.4 Å². The number of amides is 1. The maximum Gasteiger partial charge on any atom is 0.323 e. The van der Waals surface area contributed by atoms with Crippen LogP contribution >= 0.6 is 0 Å². The van der Waals surface area contributed by atoms with Crippen molar-refractivity contribution in [3.63, 3.8) is 0 Å². The number of sulfonamides is 1. The number of carboxylic acids is 1. The number of hydrogen-bond acceptors (Lipinski definition) is 5. The van der Waals surface area contributed by atoms with E-state index < -0.39 is 45.3 Å². The fraction of sp³-hybridized carbons (Fsp3) is 0.300. The molecular weight excluding hydrogens is 293 g/mol. The number of pyridine rings is 1. The van der Waals surface area contributed by atoms with Crippen LogP contribution in [0.5, 0.6) is 0 Å². The highest BCUT2D eigenvalue weighted by atomic mass is 32.2. The molecule has 2 N–H and O–H groups in total. The average Bonchev–Trinajstić information content (AvgIpc) is 2.38. The summed E-state index contributed by atoms with van der Waals surface area (Å²) in [5.41, 5.74) is 0. The van der Waals surface area contributed by atoms with Gasteiger partial charge >= 0.3 is 5.97 Å². The molecule has 1 atom stereocenters. The van der Waals surface area contributed by atoms with E-state index in [0.29, 0.717) is 4.31 Å². The highest BCUT2D eigenvalue weighted by Crippen LogP contribution is 2.20. The van der Waals surface area contributed by atoms with Crippen LogP contribution in [0.3, 0.4) is 0 Å². The molecule has 1 fully saturated rings. The van der Waals surface area contributed by atoms with E-state index >= 15 is 0 Å². The van der Waals surface area contributed by atoms with Gasteiger partial charge in [0.15, 0.2) is 5.82 Å².